The van der Waals surface area contributed by atoms with Gasteiger partial charge < -0.3 is 10.6 Å². The van der Waals surface area contributed by atoms with E-state index in [9.17, 15) is 9.59 Å². The summed E-state index contributed by atoms with van der Waals surface area (Å²) in [6, 6.07) is 24.4. The van der Waals surface area contributed by atoms with Crippen molar-refractivity contribution in [3.05, 3.63) is 95.6 Å². The molecule has 0 aliphatic carbocycles. The number of hydrogen-bond donors (Lipinski definition) is 2. The maximum atomic E-state index is 12.5. The Balaban J connectivity index is 1.64. The van der Waals surface area contributed by atoms with Crippen molar-refractivity contribution in [3.8, 4) is 0 Å². The highest BCUT2D eigenvalue weighted by molar-refractivity contribution is 6.07. The third-order valence-corrected chi connectivity index (χ3v) is 4.52. The van der Waals surface area contributed by atoms with Crippen LogP contribution in [0.25, 0.3) is 0 Å². The molecule has 2 N–H and O–H groups in total. The molecule has 3 rings (SSSR count). The van der Waals surface area contributed by atoms with Crippen LogP contribution in [0.1, 0.15) is 35.3 Å². The number of para-hydroxylation sites is 2. The fraction of sp³-hybridized carbons (Fsp3) is 0.200. The second-order valence-electron chi connectivity index (χ2n) is 7.51. The third kappa shape index (κ3) is 6.04. The largest absolute Gasteiger partial charge is 0.324 e. The van der Waals surface area contributed by atoms with Crippen LogP contribution in [0.2, 0.25) is 0 Å². The van der Waals surface area contributed by atoms with Gasteiger partial charge in [0.1, 0.15) is 0 Å². The van der Waals surface area contributed by atoms with Gasteiger partial charge in [-0.25, -0.2) is 0 Å². The fourth-order valence-corrected chi connectivity index (χ4v) is 3.13. The van der Waals surface area contributed by atoms with Gasteiger partial charge in [-0.2, -0.15) is 0 Å². The van der Waals surface area contributed by atoms with E-state index in [0.29, 0.717) is 22.9 Å². The van der Waals surface area contributed by atoms with Crippen molar-refractivity contribution in [1.29, 1.82) is 0 Å². The molecular formula is C25H26N2O2. The van der Waals surface area contributed by atoms with Crippen molar-refractivity contribution < 1.29 is 9.59 Å². The van der Waals surface area contributed by atoms with E-state index in [0.717, 1.165) is 12.0 Å². The molecule has 4 heteroatoms. The molecule has 0 radical (unpaired) electrons. The van der Waals surface area contributed by atoms with Crippen molar-refractivity contribution in [2.75, 3.05) is 10.6 Å². The minimum atomic E-state index is -0.215. The highest BCUT2D eigenvalue weighted by atomic mass is 16.2. The quantitative estimate of drug-likeness (QED) is 0.577. The number of carbonyl (C=O) groups is 2. The Morgan fingerprint density at radius 1 is 0.724 bits per heavy atom. The summed E-state index contributed by atoms with van der Waals surface area (Å²) < 4.78 is 0. The molecule has 148 valence electrons. The van der Waals surface area contributed by atoms with Gasteiger partial charge in [0.2, 0.25) is 5.91 Å². The van der Waals surface area contributed by atoms with E-state index in [1.165, 1.54) is 5.56 Å². The zero-order valence-corrected chi connectivity index (χ0v) is 16.8. The lowest BCUT2D eigenvalue weighted by Gasteiger charge is -2.13. The van der Waals surface area contributed by atoms with E-state index in [1.807, 2.05) is 42.5 Å². The van der Waals surface area contributed by atoms with Gasteiger partial charge in [-0.05, 0) is 47.7 Å². The van der Waals surface area contributed by atoms with Gasteiger partial charge in [-0.1, -0.05) is 68.4 Å². The Morgan fingerprint density at radius 3 is 1.90 bits per heavy atom. The molecule has 0 saturated carbocycles. The number of rotatable bonds is 7. The first kappa shape index (κ1) is 20.3. The fourth-order valence-electron chi connectivity index (χ4n) is 3.13. The summed E-state index contributed by atoms with van der Waals surface area (Å²) in [6.45, 7) is 4.38. The number of benzene rings is 3. The molecule has 0 aliphatic heterocycles. The van der Waals surface area contributed by atoms with E-state index in [4.69, 9.17) is 0 Å². The van der Waals surface area contributed by atoms with E-state index in [1.54, 1.807) is 24.3 Å². The van der Waals surface area contributed by atoms with Crippen LogP contribution in [-0.4, -0.2) is 11.8 Å². The van der Waals surface area contributed by atoms with Crippen molar-refractivity contribution in [2.24, 2.45) is 5.92 Å². The SMILES string of the molecule is CC(C)Cc1ccc(CC(=O)Nc2ccccc2NC(=O)c2ccccc2)cc1. The smallest absolute Gasteiger partial charge is 0.255 e. The summed E-state index contributed by atoms with van der Waals surface area (Å²) >= 11 is 0. The number of amides is 2. The Morgan fingerprint density at radius 2 is 1.28 bits per heavy atom. The Kier molecular flexibility index (Phi) is 6.80. The minimum Gasteiger partial charge on any atom is -0.324 e. The molecule has 0 saturated heterocycles. The van der Waals surface area contributed by atoms with E-state index >= 15 is 0 Å². The van der Waals surface area contributed by atoms with Gasteiger partial charge in [0.25, 0.3) is 5.91 Å². The van der Waals surface area contributed by atoms with Crippen molar-refractivity contribution in [3.63, 3.8) is 0 Å². The molecular weight excluding hydrogens is 360 g/mol. The monoisotopic (exact) mass is 386 g/mol. The summed E-state index contributed by atoms with van der Waals surface area (Å²) in [5.74, 6) is 0.266. The first-order chi connectivity index (χ1) is 14.0. The second-order valence-corrected chi connectivity index (χ2v) is 7.51. The van der Waals surface area contributed by atoms with Crippen molar-refractivity contribution in [1.82, 2.24) is 0 Å². The van der Waals surface area contributed by atoms with Crippen molar-refractivity contribution >= 4 is 23.2 Å². The van der Waals surface area contributed by atoms with Crippen LogP contribution in [0.5, 0.6) is 0 Å². The molecule has 0 bridgehead atoms. The van der Waals surface area contributed by atoms with Gasteiger partial charge in [0, 0.05) is 5.56 Å². The third-order valence-electron chi connectivity index (χ3n) is 4.52. The number of nitrogens with one attached hydrogen (secondary N) is 2. The molecule has 3 aromatic carbocycles. The normalized spacial score (nSPS) is 10.6. The lowest BCUT2D eigenvalue weighted by molar-refractivity contribution is -0.115. The molecule has 29 heavy (non-hydrogen) atoms. The number of carbonyl (C=O) groups excluding carboxylic acids is 2. The second kappa shape index (κ2) is 9.69. The molecule has 2 amide bonds. The van der Waals surface area contributed by atoms with Gasteiger partial charge in [0.05, 0.1) is 17.8 Å². The summed E-state index contributed by atoms with van der Waals surface area (Å²) in [5, 5.41) is 5.78. The highest BCUT2D eigenvalue weighted by Crippen LogP contribution is 2.22. The Bertz CT molecular complexity index is 964. The summed E-state index contributed by atoms with van der Waals surface area (Å²) in [4.78, 5) is 25.0. The van der Waals surface area contributed by atoms with Crippen LogP contribution < -0.4 is 10.6 Å². The van der Waals surface area contributed by atoms with Crippen LogP contribution in [0.4, 0.5) is 11.4 Å². The molecule has 0 aromatic heterocycles. The first-order valence-electron chi connectivity index (χ1n) is 9.84. The Hall–Kier alpha value is -3.40. The maximum absolute atomic E-state index is 12.5. The molecule has 3 aromatic rings. The van der Waals surface area contributed by atoms with E-state index < -0.39 is 0 Å². The molecule has 0 spiro atoms. The number of anilines is 2. The average Bonchev–Trinajstić information content (AvgIpc) is 2.71. The molecule has 0 fully saturated rings. The lowest BCUT2D eigenvalue weighted by atomic mass is 10.0. The van der Waals surface area contributed by atoms with Crippen LogP contribution in [0.15, 0.2) is 78.9 Å². The molecule has 0 atom stereocenters. The van der Waals surface area contributed by atoms with Crippen molar-refractivity contribution in [2.45, 2.75) is 26.7 Å². The zero-order valence-electron chi connectivity index (χ0n) is 16.8. The molecule has 4 nitrogen and oxygen atoms in total. The van der Waals surface area contributed by atoms with Crippen LogP contribution in [0.3, 0.4) is 0 Å². The first-order valence-corrected chi connectivity index (χ1v) is 9.84. The average molecular weight is 386 g/mol. The van der Waals surface area contributed by atoms with Gasteiger partial charge in [-0.3, -0.25) is 9.59 Å². The predicted molar refractivity (Wildman–Crippen MR) is 118 cm³/mol. The number of hydrogen-bond acceptors (Lipinski definition) is 2. The molecule has 0 aliphatic rings. The standard InChI is InChI=1S/C25H26N2O2/c1-18(2)16-19-12-14-20(15-13-19)17-24(28)26-22-10-6-7-11-23(22)27-25(29)21-8-4-3-5-9-21/h3-15,18H,16-17H2,1-2H3,(H,26,28)(H,27,29). The molecule has 0 heterocycles. The zero-order chi connectivity index (χ0) is 20.6. The molecule has 0 unspecified atom stereocenters. The summed E-state index contributed by atoms with van der Waals surface area (Å²) in [7, 11) is 0. The topological polar surface area (TPSA) is 58.2 Å². The van der Waals surface area contributed by atoms with Gasteiger partial charge in [0.15, 0.2) is 0 Å². The predicted octanol–water partition coefficient (Wildman–Crippen LogP) is 5.32. The Labute approximate surface area is 172 Å². The lowest BCUT2D eigenvalue weighted by Crippen LogP contribution is -2.18. The van der Waals surface area contributed by atoms with E-state index in [-0.39, 0.29) is 18.2 Å². The highest BCUT2D eigenvalue weighted by Gasteiger charge is 2.11. The summed E-state index contributed by atoms with van der Waals surface area (Å²) in [6.07, 6.45) is 1.31. The van der Waals surface area contributed by atoms with Crippen LogP contribution in [-0.2, 0) is 17.6 Å². The van der Waals surface area contributed by atoms with E-state index in [2.05, 4.69) is 36.6 Å². The minimum absolute atomic E-state index is 0.122. The summed E-state index contributed by atoms with van der Waals surface area (Å²) in [5.41, 5.74) is 3.95. The van der Waals surface area contributed by atoms with Crippen LogP contribution >= 0.6 is 0 Å². The van der Waals surface area contributed by atoms with Gasteiger partial charge >= 0.3 is 0 Å². The maximum Gasteiger partial charge on any atom is 0.255 e. The van der Waals surface area contributed by atoms with Crippen LogP contribution in [0, 0.1) is 5.92 Å². The van der Waals surface area contributed by atoms with Gasteiger partial charge in [-0.15, -0.1) is 0 Å².